The van der Waals surface area contributed by atoms with Crippen LogP contribution in [0.1, 0.15) is 28.7 Å². The normalized spacial score (nSPS) is 11.0. The highest BCUT2D eigenvalue weighted by Gasteiger charge is 2.23. The summed E-state index contributed by atoms with van der Waals surface area (Å²) < 4.78 is 21.7. The lowest BCUT2D eigenvalue weighted by Gasteiger charge is -2.09. The van der Waals surface area contributed by atoms with Gasteiger partial charge in [0.1, 0.15) is 5.69 Å². The molecular formula is C17H20N8O5. The van der Waals surface area contributed by atoms with E-state index in [4.69, 9.17) is 19.9 Å². The van der Waals surface area contributed by atoms with Crippen molar-refractivity contribution < 1.29 is 23.6 Å². The number of aromatic nitrogens is 5. The molecule has 0 bridgehead atoms. The summed E-state index contributed by atoms with van der Waals surface area (Å²) >= 11 is 0. The number of ether oxygens (including phenoxy) is 3. The van der Waals surface area contributed by atoms with Crippen LogP contribution >= 0.6 is 0 Å². The predicted octanol–water partition coefficient (Wildman–Crippen LogP) is 0.550. The maximum absolute atomic E-state index is 12.5. The van der Waals surface area contributed by atoms with Crippen LogP contribution in [0.15, 0.2) is 27.9 Å². The molecule has 0 fully saturated rings. The van der Waals surface area contributed by atoms with Crippen molar-refractivity contribution >= 4 is 17.9 Å². The molecule has 3 aromatic rings. The van der Waals surface area contributed by atoms with Crippen molar-refractivity contribution in [1.29, 1.82) is 0 Å². The number of nitrogen functional groups attached to an aromatic ring is 1. The Bertz CT molecular complexity index is 1040. The number of hydrogen-bond donors (Lipinski definition) is 2. The van der Waals surface area contributed by atoms with Crippen molar-refractivity contribution in [3.8, 4) is 17.3 Å². The molecule has 0 aliphatic carbocycles. The van der Waals surface area contributed by atoms with Gasteiger partial charge in [0.15, 0.2) is 17.2 Å². The van der Waals surface area contributed by atoms with E-state index in [1.165, 1.54) is 18.0 Å². The van der Waals surface area contributed by atoms with Crippen LogP contribution in [0.2, 0.25) is 0 Å². The smallest absolute Gasteiger partial charge is 0.293 e. The van der Waals surface area contributed by atoms with Crippen LogP contribution in [-0.2, 0) is 11.3 Å². The van der Waals surface area contributed by atoms with Crippen LogP contribution in [0, 0.1) is 0 Å². The second-order valence-electron chi connectivity index (χ2n) is 5.75. The Balaban J connectivity index is 1.76. The van der Waals surface area contributed by atoms with Crippen molar-refractivity contribution in [2.24, 2.45) is 5.10 Å². The first-order valence-corrected chi connectivity index (χ1v) is 8.75. The lowest BCUT2D eigenvalue weighted by atomic mass is 10.2. The van der Waals surface area contributed by atoms with Crippen LogP contribution in [0.3, 0.4) is 0 Å². The van der Waals surface area contributed by atoms with E-state index in [0.717, 1.165) is 0 Å². The molecule has 0 spiro atoms. The Kier molecular flexibility index (Phi) is 6.54. The maximum Gasteiger partial charge on any atom is 0.293 e. The molecule has 0 aliphatic heterocycles. The highest BCUT2D eigenvalue weighted by Crippen LogP contribution is 2.27. The van der Waals surface area contributed by atoms with Gasteiger partial charge in [-0.15, -0.1) is 5.10 Å². The minimum atomic E-state index is -0.600. The monoisotopic (exact) mass is 416 g/mol. The molecule has 1 aromatic carbocycles. The minimum Gasteiger partial charge on any atom is -0.493 e. The maximum atomic E-state index is 12.5. The summed E-state index contributed by atoms with van der Waals surface area (Å²) in [6, 6.07) is 5.26. The Morgan fingerprint density at radius 3 is 2.83 bits per heavy atom. The number of hydrazone groups is 1. The first kappa shape index (κ1) is 20.7. The molecule has 0 saturated heterocycles. The van der Waals surface area contributed by atoms with Crippen molar-refractivity contribution in [1.82, 2.24) is 30.7 Å². The predicted molar refractivity (Wildman–Crippen MR) is 104 cm³/mol. The van der Waals surface area contributed by atoms with E-state index < -0.39 is 5.91 Å². The second-order valence-corrected chi connectivity index (χ2v) is 5.75. The van der Waals surface area contributed by atoms with Gasteiger partial charge in [-0.25, -0.2) is 10.1 Å². The number of anilines is 1. The number of benzene rings is 1. The van der Waals surface area contributed by atoms with Crippen LogP contribution in [0.4, 0.5) is 5.82 Å². The summed E-state index contributed by atoms with van der Waals surface area (Å²) in [6.07, 6.45) is 1.45. The van der Waals surface area contributed by atoms with Crippen LogP contribution in [0.5, 0.6) is 11.5 Å². The zero-order valence-electron chi connectivity index (χ0n) is 16.5. The van der Waals surface area contributed by atoms with E-state index in [9.17, 15) is 4.79 Å². The van der Waals surface area contributed by atoms with Gasteiger partial charge in [0, 0.05) is 7.11 Å². The van der Waals surface area contributed by atoms with Gasteiger partial charge in [0.2, 0.25) is 11.6 Å². The number of rotatable bonds is 9. The van der Waals surface area contributed by atoms with E-state index in [-0.39, 0.29) is 23.9 Å². The molecule has 2 heterocycles. The number of carbonyl (C=O) groups is 1. The lowest BCUT2D eigenvalue weighted by Crippen LogP contribution is -2.20. The number of carbonyl (C=O) groups excluding carboxylic acids is 1. The molecule has 2 aromatic heterocycles. The van der Waals surface area contributed by atoms with Crippen molar-refractivity contribution in [3.63, 3.8) is 0 Å². The number of amides is 1. The molecule has 158 valence electrons. The molecule has 1 amide bonds. The Hall–Kier alpha value is -4.00. The number of nitrogens with one attached hydrogen (secondary N) is 1. The SMILES string of the molecule is CCOc1ccc(C=NNC(=O)c2nnn(-c3nonc3N)c2COC)cc1OC. The summed E-state index contributed by atoms with van der Waals surface area (Å²) in [4.78, 5) is 12.5. The number of nitrogens with zero attached hydrogens (tertiary/aromatic N) is 6. The average molecular weight is 416 g/mol. The van der Waals surface area contributed by atoms with Gasteiger partial charge < -0.3 is 19.9 Å². The zero-order chi connectivity index (χ0) is 21.5. The number of methoxy groups -OCH3 is 2. The van der Waals surface area contributed by atoms with Crippen LogP contribution in [0.25, 0.3) is 5.82 Å². The molecule has 3 N–H and O–H groups in total. The van der Waals surface area contributed by atoms with Crippen molar-refractivity contribution in [3.05, 3.63) is 35.2 Å². The lowest BCUT2D eigenvalue weighted by molar-refractivity contribution is 0.0944. The quantitative estimate of drug-likeness (QED) is 0.371. The van der Waals surface area contributed by atoms with E-state index >= 15 is 0 Å². The fourth-order valence-corrected chi connectivity index (χ4v) is 2.51. The topological polar surface area (TPSA) is 165 Å². The molecule has 13 heteroatoms. The summed E-state index contributed by atoms with van der Waals surface area (Å²) in [7, 11) is 3.00. The van der Waals surface area contributed by atoms with Gasteiger partial charge in [-0.05, 0) is 41.0 Å². The standard InChI is InChI=1S/C17H20N8O5/c1-4-29-12-6-5-10(7-13(12)28-3)8-19-21-17(26)14-11(9-27-2)25(24-20-14)16-15(18)22-30-23-16/h5-8H,4,9H2,1-3H3,(H2,18,22)(H,21,26). The van der Waals surface area contributed by atoms with E-state index in [2.05, 4.69) is 35.8 Å². The molecule has 0 atom stereocenters. The highest BCUT2D eigenvalue weighted by atomic mass is 16.6. The fourth-order valence-electron chi connectivity index (χ4n) is 2.51. The third-order valence-corrected chi connectivity index (χ3v) is 3.82. The molecule has 13 nitrogen and oxygen atoms in total. The molecule has 0 unspecified atom stereocenters. The minimum absolute atomic E-state index is 0.00770. The van der Waals surface area contributed by atoms with Gasteiger partial charge in [-0.2, -0.15) is 9.78 Å². The molecule has 30 heavy (non-hydrogen) atoms. The Morgan fingerprint density at radius 1 is 1.33 bits per heavy atom. The van der Waals surface area contributed by atoms with E-state index in [1.54, 1.807) is 25.3 Å². The Labute approximate surface area is 170 Å². The summed E-state index contributed by atoms with van der Waals surface area (Å²) in [5.74, 6) is 0.655. The summed E-state index contributed by atoms with van der Waals surface area (Å²) in [5, 5.41) is 18.8. The summed E-state index contributed by atoms with van der Waals surface area (Å²) in [6.45, 7) is 2.41. The van der Waals surface area contributed by atoms with Gasteiger partial charge in [0.25, 0.3) is 5.91 Å². The molecule has 0 aliphatic rings. The number of nitrogens with two attached hydrogens (primary N) is 1. The molecule has 0 radical (unpaired) electrons. The first-order valence-electron chi connectivity index (χ1n) is 8.75. The van der Waals surface area contributed by atoms with Gasteiger partial charge in [0.05, 0.1) is 26.5 Å². The van der Waals surface area contributed by atoms with E-state index in [0.29, 0.717) is 29.4 Å². The van der Waals surface area contributed by atoms with Crippen LogP contribution in [-0.4, -0.2) is 58.3 Å². The number of hydrogen-bond acceptors (Lipinski definition) is 11. The fraction of sp³-hybridized carbons (Fsp3) is 0.294. The second kappa shape index (κ2) is 9.47. The van der Waals surface area contributed by atoms with Gasteiger partial charge >= 0.3 is 0 Å². The largest absolute Gasteiger partial charge is 0.493 e. The average Bonchev–Trinajstić information content (AvgIpc) is 3.35. The third-order valence-electron chi connectivity index (χ3n) is 3.82. The molecule has 0 saturated carbocycles. The van der Waals surface area contributed by atoms with Crippen molar-refractivity contribution in [2.75, 3.05) is 26.6 Å². The van der Waals surface area contributed by atoms with Gasteiger partial charge in [-0.3, -0.25) is 4.79 Å². The zero-order valence-corrected chi connectivity index (χ0v) is 16.5. The van der Waals surface area contributed by atoms with Crippen molar-refractivity contribution in [2.45, 2.75) is 13.5 Å². The Morgan fingerprint density at radius 2 is 2.17 bits per heavy atom. The highest BCUT2D eigenvalue weighted by molar-refractivity contribution is 5.94. The molecule has 3 rings (SSSR count). The first-order chi connectivity index (χ1) is 14.6. The van der Waals surface area contributed by atoms with E-state index in [1.807, 2.05) is 6.92 Å². The molecular weight excluding hydrogens is 396 g/mol. The third kappa shape index (κ3) is 4.35. The summed E-state index contributed by atoms with van der Waals surface area (Å²) in [5.41, 5.74) is 9.05. The van der Waals surface area contributed by atoms with Gasteiger partial charge in [-0.1, -0.05) is 5.21 Å². The van der Waals surface area contributed by atoms with Crippen LogP contribution < -0.4 is 20.6 Å².